The van der Waals surface area contributed by atoms with Crippen LogP contribution in [0.2, 0.25) is 0 Å². The number of carbonyl (C=O) groups is 1. The molecule has 0 aliphatic carbocycles. The fourth-order valence-corrected chi connectivity index (χ4v) is 2.66. The van der Waals surface area contributed by atoms with Gasteiger partial charge in [-0.15, -0.1) is 0 Å². The predicted octanol–water partition coefficient (Wildman–Crippen LogP) is 2.85. The van der Waals surface area contributed by atoms with E-state index in [-0.39, 0.29) is 24.2 Å². The van der Waals surface area contributed by atoms with Gasteiger partial charge in [0.15, 0.2) is 0 Å². The highest BCUT2D eigenvalue weighted by Crippen LogP contribution is 2.26. The summed E-state index contributed by atoms with van der Waals surface area (Å²) in [6.45, 7) is 1.65. The Bertz CT molecular complexity index is 769. The molecule has 0 saturated heterocycles. The van der Waals surface area contributed by atoms with Crippen molar-refractivity contribution in [3.05, 3.63) is 59.4 Å². The Balaban J connectivity index is 1.90. The molecule has 1 amide bonds. The SMILES string of the molecule is C[C@H]1CC(c2ccc(-c3ccc(F)cc3CO)cc2)=NNC1=O. The smallest absolute Gasteiger partial charge is 0.243 e. The number of halogens is 1. The van der Waals surface area contributed by atoms with E-state index in [1.165, 1.54) is 12.1 Å². The minimum absolute atomic E-state index is 0.0655. The first-order chi connectivity index (χ1) is 11.1. The van der Waals surface area contributed by atoms with Crippen LogP contribution in [0.1, 0.15) is 24.5 Å². The van der Waals surface area contributed by atoms with E-state index in [1.807, 2.05) is 31.2 Å². The van der Waals surface area contributed by atoms with E-state index in [0.717, 1.165) is 22.4 Å². The molecule has 2 N–H and O–H groups in total. The summed E-state index contributed by atoms with van der Waals surface area (Å²) in [7, 11) is 0. The van der Waals surface area contributed by atoms with Crippen LogP contribution in [0.25, 0.3) is 11.1 Å². The molecule has 0 aromatic heterocycles. The number of rotatable bonds is 3. The molecule has 3 rings (SSSR count). The van der Waals surface area contributed by atoms with Crippen LogP contribution in [-0.2, 0) is 11.4 Å². The number of nitrogens with zero attached hydrogens (tertiary/aromatic N) is 1. The highest BCUT2D eigenvalue weighted by molar-refractivity contribution is 6.05. The van der Waals surface area contributed by atoms with Crippen LogP contribution in [0.15, 0.2) is 47.6 Å². The quantitative estimate of drug-likeness (QED) is 0.915. The third-order valence-electron chi connectivity index (χ3n) is 4.01. The molecule has 1 aliphatic rings. The summed E-state index contributed by atoms with van der Waals surface area (Å²) in [5.41, 5.74) is 6.54. The molecule has 0 bridgehead atoms. The van der Waals surface area contributed by atoms with Crippen LogP contribution in [0.4, 0.5) is 4.39 Å². The summed E-state index contributed by atoms with van der Waals surface area (Å²) >= 11 is 0. The van der Waals surface area contributed by atoms with E-state index in [2.05, 4.69) is 10.5 Å². The Labute approximate surface area is 133 Å². The van der Waals surface area contributed by atoms with Crippen LogP contribution in [0.5, 0.6) is 0 Å². The topological polar surface area (TPSA) is 61.7 Å². The van der Waals surface area contributed by atoms with Gasteiger partial charge in [-0.05, 0) is 34.4 Å². The van der Waals surface area contributed by atoms with E-state index in [9.17, 15) is 14.3 Å². The molecule has 0 fully saturated rings. The van der Waals surface area contributed by atoms with E-state index in [0.29, 0.717) is 12.0 Å². The Morgan fingerprint density at radius 3 is 2.57 bits per heavy atom. The zero-order valence-electron chi connectivity index (χ0n) is 12.7. The molecule has 2 aromatic rings. The van der Waals surface area contributed by atoms with Crippen LogP contribution in [-0.4, -0.2) is 16.7 Å². The summed E-state index contributed by atoms with van der Waals surface area (Å²) in [4.78, 5) is 11.4. The van der Waals surface area contributed by atoms with Crippen LogP contribution < -0.4 is 5.43 Å². The minimum atomic E-state index is -0.365. The van der Waals surface area contributed by atoms with Gasteiger partial charge in [0.25, 0.3) is 0 Å². The lowest BCUT2D eigenvalue weighted by Gasteiger charge is -2.18. The highest BCUT2D eigenvalue weighted by Gasteiger charge is 2.21. The number of hydrogen-bond acceptors (Lipinski definition) is 3. The zero-order chi connectivity index (χ0) is 16.4. The largest absolute Gasteiger partial charge is 0.392 e. The monoisotopic (exact) mass is 312 g/mol. The van der Waals surface area contributed by atoms with Gasteiger partial charge < -0.3 is 5.11 Å². The maximum absolute atomic E-state index is 13.3. The van der Waals surface area contributed by atoms with Crippen molar-refractivity contribution in [3.63, 3.8) is 0 Å². The van der Waals surface area contributed by atoms with E-state index < -0.39 is 0 Å². The Morgan fingerprint density at radius 2 is 1.91 bits per heavy atom. The molecule has 1 heterocycles. The van der Waals surface area contributed by atoms with Gasteiger partial charge in [-0.25, -0.2) is 9.82 Å². The lowest BCUT2D eigenvalue weighted by atomic mass is 9.94. The number of aliphatic hydroxyl groups excluding tert-OH is 1. The lowest BCUT2D eigenvalue weighted by Crippen LogP contribution is -2.33. The Morgan fingerprint density at radius 1 is 1.22 bits per heavy atom. The second-order valence-corrected chi connectivity index (χ2v) is 5.68. The molecule has 23 heavy (non-hydrogen) atoms. The number of nitrogens with one attached hydrogen (secondary N) is 1. The number of carbonyl (C=O) groups excluding carboxylic acids is 1. The molecule has 0 unspecified atom stereocenters. The van der Waals surface area contributed by atoms with Gasteiger partial charge in [0.2, 0.25) is 5.91 Å². The van der Waals surface area contributed by atoms with Crippen molar-refractivity contribution >= 4 is 11.6 Å². The molecular weight excluding hydrogens is 295 g/mol. The predicted molar refractivity (Wildman–Crippen MR) is 86.2 cm³/mol. The van der Waals surface area contributed by atoms with Crippen molar-refractivity contribution in [3.8, 4) is 11.1 Å². The van der Waals surface area contributed by atoms with Gasteiger partial charge >= 0.3 is 0 Å². The molecule has 5 heteroatoms. The van der Waals surface area contributed by atoms with Crippen LogP contribution in [0.3, 0.4) is 0 Å². The van der Waals surface area contributed by atoms with Gasteiger partial charge in [-0.1, -0.05) is 37.3 Å². The van der Waals surface area contributed by atoms with Gasteiger partial charge in [0.1, 0.15) is 5.82 Å². The fraction of sp³-hybridized carbons (Fsp3) is 0.222. The molecule has 1 atom stereocenters. The van der Waals surface area contributed by atoms with Crippen molar-refractivity contribution in [2.75, 3.05) is 0 Å². The standard InChI is InChI=1S/C18H17FN2O2/c1-11-8-17(20-21-18(11)23)13-4-2-12(3-5-13)16-7-6-15(19)9-14(16)10-22/h2-7,9,11,22H,8,10H2,1H3,(H,21,23)/t11-/m0/s1. The van der Waals surface area contributed by atoms with Gasteiger partial charge in [-0.2, -0.15) is 5.10 Å². The number of benzene rings is 2. The van der Waals surface area contributed by atoms with Crippen LogP contribution in [0, 0.1) is 11.7 Å². The summed E-state index contributed by atoms with van der Waals surface area (Å²) in [6.07, 6.45) is 0.601. The normalized spacial score (nSPS) is 17.6. The van der Waals surface area contributed by atoms with E-state index in [4.69, 9.17) is 0 Å². The first-order valence-corrected chi connectivity index (χ1v) is 7.45. The number of amides is 1. The van der Waals surface area contributed by atoms with Gasteiger partial charge in [-0.3, -0.25) is 4.79 Å². The average Bonchev–Trinajstić information content (AvgIpc) is 2.57. The van der Waals surface area contributed by atoms with E-state index in [1.54, 1.807) is 6.07 Å². The molecule has 4 nitrogen and oxygen atoms in total. The summed E-state index contributed by atoms with van der Waals surface area (Å²) < 4.78 is 13.3. The first-order valence-electron chi connectivity index (χ1n) is 7.45. The van der Waals surface area contributed by atoms with Crippen molar-refractivity contribution in [1.82, 2.24) is 5.43 Å². The van der Waals surface area contributed by atoms with Crippen molar-refractivity contribution in [2.45, 2.75) is 20.0 Å². The zero-order valence-corrected chi connectivity index (χ0v) is 12.7. The fourth-order valence-electron chi connectivity index (χ4n) is 2.66. The maximum atomic E-state index is 13.3. The third kappa shape index (κ3) is 3.14. The Kier molecular flexibility index (Phi) is 4.21. The highest BCUT2D eigenvalue weighted by atomic mass is 19.1. The second kappa shape index (κ2) is 6.30. The molecule has 0 saturated carbocycles. The summed E-state index contributed by atoms with van der Waals surface area (Å²) in [6, 6.07) is 12.0. The van der Waals surface area contributed by atoms with Crippen LogP contribution >= 0.6 is 0 Å². The third-order valence-corrected chi connectivity index (χ3v) is 4.01. The van der Waals surface area contributed by atoms with Crippen molar-refractivity contribution in [2.24, 2.45) is 11.0 Å². The number of hydrogen-bond donors (Lipinski definition) is 2. The molecule has 0 spiro atoms. The molecule has 2 aromatic carbocycles. The molecule has 1 aliphatic heterocycles. The summed E-state index contributed by atoms with van der Waals surface area (Å²) in [5.74, 6) is -0.528. The molecular formula is C18H17FN2O2. The minimum Gasteiger partial charge on any atom is -0.392 e. The number of hydrazone groups is 1. The maximum Gasteiger partial charge on any atom is 0.243 e. The Hall–Kier alpha value is -2.53. The number of aliphatic hydroxyl groups is 1. The van der Waals surface area contributed by atoms with Crippen molar-refractivity contribution < 1.29 is 14.3 Å². The summed E-state index contributed by atoms with van der Waals surface area (Å²) in [5, 5.41) is 13.5. The lowest BCUT2D eigenvalue weighted by molar-refractivity contribution is -0.124. The second-order valence-electron chi connectivity index (χ2n) is 5.68. The van der Waals surface area contributed by atoms with Gasteiger partial charge in [0, 0.05) is 12.3 Å². The average molecular weight is 312 g/mol. The molecule has 0 radical (unpaired) electrons. The molecule has 118 valence electrons. The van der Waals surface area contributed by atoms with E-state index >= 15 is 0 Å². The van der Waals surface area contributed by atoms with Gasteiger partial charge in [0.05, 0.1) is 12.3 Å². The first kappa shape index (κ1) is 15.4. The van der Waals surface area contributed by atoms with Crippen molar-refractivity contribution in [1.29, 1.82) is 0 Å².